The van der Waals surface area contributed by atoms with E-state index < -0.39 is 32.6 Å². The van der Waals surface area contributed by atoms with E-state index in [9.17, 15) is 23.3 Å². The molecule has 1 aromatic carbocycles. The van der Waals surface area contributed by atoms with E-state index >= 15 is 0 Å². The maximum absolute atomic E-state index is 13.1. The van der Waals surface area contributed by atoms with Crippen molar-refractivity contribution in [3.8, 4) is 11.5 Å². The average molecular weight is 471 g/mol. The van der Waals surface area contributed by atoms with Gasteiger partial charge in [0, 0.05) is 30.6 Å². The summed E-state index contributed by atoms with van der Waals surface area (Å²) < 4.78 is 36.4. The van der Waals surface area contributed by atoms with E-state index in [4.69, 9.17) is 9.47 Å². The molecular weight excluding hydrogens is 448 g/mol. The van der Waals surface area contributed by atoms with Crippen molar-refractivity contribution in [2.45, 2.75) is 25.5 Å². The molecule has 13 heteroatoms. The fourth-order valence-electron chi connectivity index (χ4n) is 3.34. The second-order valence-electron chi connectivity index (χ2n) is 7.03. The summed E-state index contributed by atoms with van der Waals surface area (Å²) in [6.07, 6.45) is 2.19. The number of sulfonamides is 1. The van der Waals surface area contributed by atoms with Crippen molar-refractivity contribution in [2.24, 2.45) is 0 Å². The Morgan fingerprint density at radius 2 is 2.19 bits per heavy atom. The van der Waals surface area contributed by atoms with Crippen LogP contribution in [-0.4, -0.2) is 61.6 Å². The molecule has 31 heavy (non-hydrogen) atoms. The highest BCUT2D eigenvalue weighted by Crippen LogP contribution is 2.36. The number of carbonyl (C=O) groups is 1. The Bertz CT molecular complexity index is 1060. The van der Waals surface area contributed by atoms with Crippen LogP contribution in [0.3, 0.4) is 0 Å². The normalized spacial score (nSPS) is 16.7. The maximum Gasteiger partial charge on any atom is 0.286 e. The van der Waals surface area contributed by atoms with E-state index in [1.54, 1.807) is 10.9 Å². The number of likely N-dealkylation sites (tertiary alicyclic amines) is 1. The Morgan fingerprint density at radius 3 is 2.81 bits per heavy atom. The molecule has 2 aromatic rings. The minimum Gasteiger partial charge on any atom is -0.493 e. The smallest absolute Gasteiger partial charge is 0.286 e. The third-order valence-electron chi connectivity index (χ3n) is 4.66. The molecule has 1 saturated heterocycles. The van der Waals surface area contributed by atoms with Crippen LogP contribution < -0.4 is 14.2 Å². The number of nitro groups is 1. The van der Waals surface area contributed by atoms with Crippen LogP contribution >= 0.6 is 11.3 Å². The predicted molar refractivity (Wildman–Crippen MR) is 113 cm³/mol. The Hall–Kier alpha value is -2.77. The zero-order valence-corrected chi connectivity index (χ0v) is 18.6. The van der Waals surface area contributed by atoms with Gasteiger partial charge in [-0.2, -0.15) is 0 Å². The van der Waals surface area contributed by atoms with Gasteiger partial charge < -0.3 is 14.4 Å². The van der Waals surface area contributed by atoms with Crippen LogP contribution in [0.4, 0.5) is 5.69 Å². The number of nitrogens with zero attached hydrogens (tertiary/aromatic N) is 3. The lowest BCUT2D eigenvalue weighted by atomic mass is 10.0. The molecule has 2 heterocycles. The van der Waals surface area contributed by atoms with Gasteiger partial charge in [0.15, 0.2) is 11.5 Å². The molecule has 1 aliphatic heterocycles. The first kappa shape index (κ1) is 22.9. The third-order valence-corrected chi connectivity index (χ3v) is 6.05. The summed E-state index contributed by atoms with van der Waals surface area (Å²) in [4.78, 5) is 29.6. The van der Waals surface area contributed by atoms with E-state index in [0.29, 0.717) is 25.1 Å². The van der Waals surface area contributed by atoms with Crippen LogP contribution in [0, 0.1) is 10.1 Å². The molecule has 11 nitrogen and oxygen atoms in total. The van der Waals surface area contributed by atoms with Crippen LogP contribution in [0.25, 0.3) is 0 Å². The molecule has 0 saturated carbocycles. The molecule has 0 radical (unpaired) electrons. The molecule has 1 atom stereocenters. The van der Waals surface area contributed by atoms with Gasteiger partial charge in [-0.05, 0) is 12.8 Å². The third kappa shape index (κ3) is 5.89. The number of hydrogen-bond acceptors (Lipinski definition) is 9. The number of thiazole rings is 1. The number of carbonyl (C=O) groups excluding carboxylic acids is 1. The molecule has 0 spiro atoms. The monoisotopic (exact) mass is 470 g/mol. The molecule has 1 amide bonds. The summed E-state index contributed by atoms with van der Waals surface area (Å²) in [6.45, 7) is 0.574. The maximum atomic E-state index is 13.1. The molecule has 1 N–H and O–H groups in total. The van der Waals surface area contributed by atoms with Gasteiger partial charge in [-0.25, -0.2) is 18.1 Å². The first-order chi connectivity index (χ1) is 14.7. The van der Waals surface area contributed by atoms with Crippen molar-refractivity contribution < 1.29 is 27.6 Å². The van der Waals surface area contributed by atoms with Crippen LogP contribution in [0.5, 0.6) is 11.5 Å². The van der Waals surface area contributed by atoms with Crippen molar-refractivity contribution >= 4 is 33.0 Å². The minimum atomic E-state index is -3.44. The van der Waals surface area contributed by atoms with Gasteiger partial charge in [0.25, 0.3) is 11.6 Å². The second-order valence-corrected chi connectivity index (χ2v) is 9.52. The first-order valence-electron chi connectivity index (χ1n) is 9.31. The van der Waals surface area contributed by atoms with Gasteiger partial charge in [-0.15, -0.1) is 11.3 Å². The zero-order chi connectivity index (χ0) is 22.6. The molecule has 1 aliphatic rings. The SMILES string of the molecule is COc1cc(C(=O)N2CCCC(NS(C)(=O)=O)C2)c([N+](=O)[O-])cc1OCc1cscn1. The fourth-order valence-corrected chi connectivity index (χ4v) is 4.68. The van der Waals surface area contributed by atoms with Crippen LogP contribution in [-0.2, 0) is 16.6 Å². The summed E-state index contributed by atoms with van der Waals surface area (Å²) in [5.41, 5.74) is 1.73. The van der Waals surface area contributed by atoms with Crippen molar-refractivity contribution in [1.82, 2.24) is 14.6 Å². The van der Waals surface area contributed by atoms with Crippen LogP contribution in [0.2, 0.25) is 0 Å². The number of nitro benzene ring substituents is 1. The van der Waals surface area contributed by atoms with Crippen molar-refractivity contribution in [3.63, 3.8) is 0 Å². The topological polar surface area (TPSA) is 141 Å². The number of piperidine rings is 1. The van der Waals surface area contributed by atoms with E-state index in [0.717, 1.165) is 12.3 Å². The lowest BCUT2D eigenvalue weighted by molar-refractivity contribution is -0.385. The zero-order valence-electron chi connectivity index (χ0n) is 16.9. The number of nitrogens with one attached hydrogen (secondary N) is 1. The number of methoxy groups -OCH3 is 1. The van der Waals surface area contributed by atoms with Crippen molar-refractivity contribution in [1.29, 1.82) is 0 Å². The lowest BCUT2D eigenvalue weighted by Gasteiger charge is -2.32. The number of aromatic nitrogens is 1. The quantitative estimate of drug-likeness (QED) is 0.455. The summed E-state index contributed by atoms with van der Waals surface area (Å²) in [5, 5.41) is 13.5. The van der Waals surface area contributed by atoms with Gasteiger partial charge in [0.1, 0.15) is 12.2 Å². The van der Waals surface area contributed by atoms with E-state index in [1.807, 2.05) is 0 Å². The Morgan fingerprint density at radius 1 is 1.42 bits per heavy atom. The Labute approximate surface area is 183 Å². The number of rotatable bonds is 8. The second kappa shape index (κ2) is 9.58. The van der Waals surface area contributed by atoms with Crippen LogP contribution in [0.15, 0.2) is 23.0 Å². The molecule has 0 bridgehead atoms. The first-order valence-corrected chi connectivity index (χ1v) is 12.1. The summed E-state index contributed by atoms with van der Waals surface area (Å²) in [7, 11) is -2.06. The lowest BCUT2D eigenvalue weighted by Crippen LogP contribution is -2.49. The predicted octanol–water partition coefficient (Wildman–Crippen LogP) is 1.79. The summed E-state index contributed by atoms with van der Waals surface area (Å²) in [6, 6.07) is 1.99. The summed E-state index contributed by atoms with van der Waals surface area (Å²) in [5.74, 6) is -0.280. The molecule has 1 fully saturated rings. The number of amides is 1. The largest absolute Gasteiger partial charge is 0.493 e. The highest BCUT2D eigenvalue weighted by molar-refractivity contribution is 7.88. The Balaban J connectivity index is 1.86. The van der Waals surface area contributed by atoms with Gasteiger partial charge in [0.05, 0.1) is 35.6 Å². The Kier molecular flexibility index (Phi) is 7.08. The van der Waals surface area contributed by atoms with E-state index in [-0.39, 0.29) is 30.2 Å². The average Bonchev–Trinajstić information content (AvgIpc) is 3.23. The molecular formula is C18H22N4O7S2. The molecule has 0 aliphatic carbocycles. The summed E-state index contributed by atoms with van der Waals surface area (Å²) >= 11 is 1.39. The van der Waals surface area contributed by atoms with Gasteiger partial charge in [-0.3, -0.25) is 14.9 Å². The van der Waals surface area contributed by atoms with E-state index in [1.165, 1.54) is 29.4 Å². The molecule has 1 unspecified atom stereocenters. The van der Waals surface area contributed by atoms with Gasteiger partial charge >= 0.3 is 0 Å². The number of ether oxygens (including phenoxy) is 2. The minimum absolute atomic E-state index is 0.0925. The molecule has 168 valence electrons. The van der Waals surface area contributed by atoms with Crippen LogP contribution in [0.1, 0.15) is 28.9 Å². The standard InChI is InChI=1S/C18H22N4O7S2/c1-28-16-6-14(18(23)21-5-3-4-12(8-21)20-31(2,26)27)15(22(24)25)7-17(16)29-9-13-10-30-11-19-13/h6-7,10-12,20H,3-5,8-9H2,1-2H3. The highest BCUT2D eigenvalue weighted by atomic mass is 32.2. The number of hydrogen-bond donors (Lipinski definition) is 1. The highest BCUT2D eigenvalue weighted by Gasteiger charge is 2.31. The van der Waals surface area contributed by atoms with Crippen molar-refractivity contribution in [3.05, 3.63) is 44.4 Å². The van der Waals surface area contributed by atoms with Gasteiger partial charge in [-0.1, -0.05) is 0 Å². The number of benzene rings is 1. The van der Waals surface area contributed by atoms with Gasteiger partial charge in [0.2, 0.25) is 10.0 Å². The molecule has 1 aromatic heterocycles. The van der Waals surface area contributed by atoms with Crippen molar-refractivity contribution in [2.75, 3.05) is 26.5 Å². The fraction of sp³-hybridized carbons (Fsp3) is 0.444. The van der Waals surface area contributed by atoms with E-state index in [2.05, 4.69) is 9.71 Å². The molecule has 3 rings (SSSR count).